The molecule has 3 aromatic rings. The van der Waals surface area contributed by atoms with Gasteiger partial charge in [0.1, 0.15) is 12.7 Å². The zero-order chi connectivity index (χ0) is 20.6. The topological polar surface area (TPSA) is 85.4 Å². The van der Waals surface area contributed by atoms with Gasteiger partial charge in [-0.2, -0.15) is 0 Å². The van der Waals surface area contributed by atoms with Crippen molar-refractivity contribution in [2.45, 2.75) is 16.9 Å². The summed E-state index contributed by atoms with van der Waals surface area (Å²) in [5, 5.41) is 15.2. The molecule has 9 heteroatoms. The van der Waals surface area contributed by atoms with Crippen molar-refractivity contribution in [3.63, 3.8) is 0 Å². The standard InChI is InChI=1S/C21H22N4O3S2/c26-19(23-12-16-13-27-17-8-4-5-9-18(17)28-16)14-29-21-25-24-20(30-21)22-11-10-15-6-2-1-3-7-15/h1-9,16H,10-14H2,(H,22,24)(H,23,26). The van der Waals surface area contributed by atoms with Gasteiger partial charge in [0.05, 0.1) is 12.3 Å². The summed E-state index contributed by atoms with van der Waals surface area (Å²) < 4.78 is 12.3. The van der Waals surface area contributed by atoms with Crippen LogP contribution in [0.25, 0.3) is 0 Å². The van der Waals surface area contributed by atoms with Crippen molar-refractivity contribution in [2.75, 3.05) is 30.8 Å². The number of thioether (sulfide) groups is 1. The molecule has 1 aromatic heterocycles. The van der Waals surface area contributed by atoms with E-state index in [0.717, 1.165) is 28.2 Å². The molecular weight excluding hydrogens is 420 g/mol. The highest BCUT2D eigenvalue weighted by Crippen LogP contribution is 2.30. The van der Waals surface area contributed by atoms with E-state index in [1.165, 1.54) is 28.7 Å². The van der Waals surface area contributed by atoms with E-state index < -0.39 is 0 Å². The van der Waals surface area contributed by atoms with E-state index in [-0.39, 0.29) is 17.8 Å². The van der Waals surface area contributed by atoms with Gasteiger partial charge in [-0.3, -0.25) is 4.79 Å². The van der Waals surface area contributed by atoms with Gasteiger partial charge in [0.15, 0.2) is 15.8 Å². The second kappa shape index (κ2) is 10.3. The molecule has 0 saturated heterocycles. The number of hydrogen-bond acceptors (Lipinski definition) is 8. The Morgan fingerprint density at radius 3 is 2.77 bits per heavy atom. The summed E-state index contributed by atoms with van der Waals surface area (Å²) in [6.07, 6.45) is 0.721. The normalized spacial score (nSPS) is 14.9. The first-order chi connectivity index (χ1) is 14.8. The number of anilines is 1. The molecule has 2 aromatic carbocycles. The first-order valence-electron chi connectivity index (χ1n) is 9.65. The minimum absolute atomic E-state index is 0.0729. The van der Waals surface area contributed by atoms with Crippen molar-refractivity contribution in [3.8, 4) is 11.5 Å². The van der Waals surface area contributed by atoms with Crippen molar-refractivity contribution in [1.82, 2.24) is 15.5 Å². The predicted molar refractivity (Wildman–Crippen MR) is 119 cm³/mol. The highest BCUT2D eigenvalue weighted by molar-refractivity contribution is 8.01. The molecule has 4 rings (SSSR count). The van der Waals surface area contributed by atoms with Gasteiger partial charge >= 0.3 is 0 Å². The van der Waals surface area contributed by atoms with Crippen LogP contribution in [-0.2, 0) is 11.2 Å². The Kier molecular flexibility index (Phi) is 7.04. The fourth-order valence-corrected chi connectivity index (χ4v) is 4.48. The maximum atomic E-state index is 12.2. The first-order valence-corrected chi connectivity index (χ1v) is 11.5. The summed E-state index contributed by atoms with van der Waals surface area (Å²) in [4.78, 5) is 12.2. The van der Waals surface area contributed by atoms with E-state index in [2.05, 4.69) is 33.0 Å². The monoisotopic (exact) mass is 442 g/mol. The number of carbonyl (C=O) groups is 1. The summed E-state index contributed by atoms with van der Waals surface area (Å²) in [6.45, 7) is 1.60. The minimum Gasteiger partial charge on any atom is -0.486 e. The number of nitrogens with zero attached hydrogens (tertiary/aromatic N) is 2. The summed E-state index contributed by atoms with van der Waals surface area (Å²) >= 11 is 2.83. The number of ether oxygens (including phenoxy) is 2. The van der Waals surface area contributed by atoms with Crippen molar-refractivity contribution in [2.24, 2.45) is 0 Å². The Hall–Kier alpha value is -2.78. The molecule has 0 saturated carbocycles. The van der Waals surface area contributed by atoms with Gasteiger partial charge in [-0.1, -0.05) is 65.6 Å². The molecule has 0 spiro atoms. The van der Waals surface area contributed by atoms with E-state index in [4.69, 9.17) is 9.47 Å². The average Bonchev–Trinajstić information content (AvgIpc) is 3.24. The number of aromatic nitrogens is 2. The largest absolute Gasteiger partial charge is 0.486 e. The van der Waals surface area contributed by atoms with Gasteiger partial charge in [0.2, 0.25) is 11.0 Å². The van der Waals surface area contributed by atoms with E-state index >= 15 is 0 Å². The summed E-state index contributed by atoms with van der Waals surface area (Å²) in [7, 11) is 0. The zero-order valence-corrected chi connectivity index (χ0v) is 17.9. The molecule has 7 nitrogen and oxygen atoms in total. The van der Waals surface area contributed by atoms with E-state index in [9.17, 15) is 4.79 Å². The molecule has 2 heterocycles. The Bertz CT molecular complexity index is 968. The molecule has 0 radical (unpaired) electrons. The van der Waals surface area contributed by atoms with Crippen molar-refractivity contribution >= 4 is 34.1 Å². The second-order valence-electron chi connectivity index (χ2n) is 6.63. The van der Waals surface area contributed by atoms with E-state index in [1.54, 1.807) is 0 Å². The molecule has 1 aliphatic heterocycles. The lowest BCUT2D eigenvalue weighted by molar-refractivity contribution is -0.119. The van der Waals surface area contributed by atoms with Crippen molar-refractivity contribution in [1.29, 1.82) is 0 Å². The summed E-state index contributed by atoms with van der Waals surface area (Å²) in [5.41, 5.74) is 1.27. The maximum absolute atomic E-state index is 12.2. The van der Waals surface area contributed by atoms with Crippen LogP contribution < -0.4 is 20.1 Å². The molecule has 1 aliphatic rings. The molecule has 0 fully saturated rings. The molecular formula is C21H22N4O3S2. The molecule has 1 amide bonds. The second-order valence-corrected chi connectivity index (χ2v) is 8.83. The Balaban J connectivity index is 1.14. The number of amides is 1. The molecule has 2 N–H and O–H groups in total. The minimum atomic E-state index is -0.198. The fourth-order valence-electron chi connectivity index (χ4n) is 2.87. The highest BCUT2D eigenvalue weighted by Gasteiger charge is 2.21. The Morgan fingerprint density at radius 2 is 1.90 bits per heavy atom. The van der Waals surface area contributed by atoms with E-state index in [1.807, 2.05) is 42.5 Å². The third kappa shape index (κ3) is 5.87. The number of benzene rings is 2. The molecule has 1 unspecified atom stereocenters. The fraction of sp³-hybridized carbons (Fsp3) is 0.286. The third-order valence-electron chi connectivity index (χ3n) is 4.36. The predicted octanol–water partition coefficient (Wildman–Crippen LogP) is 3.24. The van der Waals surface area contributed by atoms with Crippen LogP contribution in [0.15, 0.2) is 58.9 Å². The van der Waals surface area contributed by atoms with Crippen LogP contribution in [0.2, 0.25) is 0 Å². The highest BCUT2D eigenvalue weighted by atomic mass is 32.2. The van der Waals surface area contributed by atoms with Crippen LogP contribution >= 0.6 is 23.1 Å². The van der Waals surface area contributed by atoms with Crippen molar-refractivity contribution < 1.29 is 14.3 Å². The summed E-state index contributed by atoms with van der Waals surface area (Å²) in [5.74, 6) is 1.65. The zero-order valence-electron chi connectivity index (χ0n) is 16.2. The number of rotatable bonds is 9. The van der Waals surface area contributed by atoms with Gasteiger partial charge in [-0.15, -0.1) is 10.2 Å². The van der Waals surface area contributed by atoms with Crippen LogP contribution in [-0.4, -0.2) is 47.7 Å². The quantitative estimate of drug-likeness (QED) is 0.492. The van der Waals surface area contributed by atoms with Gasteiger partial charge < -0.3 is 20.1 Å². The van der Waals surface area contributed by atoms with Gasteiger partial charge in [0, 0.05) is 6.54 Å². The lowest BCUT2D eigenvalue weighted by Gasteiger charge is -2.26. The van der Waals surface area contributed by atoms with Gasteiger partial charge in [-0.25, -0.2) is 0 Å². The number of hydrogen-bond donors (Lipinski definition) is 2. The van der Waals surface area contributed by atoms with Crippen LogP contribution in [0.5, 0.6) is 11.5 Å². The van der Waals surface area contributed by atoms with Crippen LogP contribution in [0.3, 0.4) is 0 Å². The smallest absolute Gasteiger partial charge is 0.230 e. The van der Waals surface area contributed by atoms with Gasteiger partial charge in [0.25, 0.3) is 0 Å². The van der Waals surface area contributed by atoms with Crippen molar-refractivity contribution in [3.05, 3.63) is 60.2 Å². The van der Waals surface area contributed by atoms with Crippen LogP contribution in [0.1, 0.15) is 5.56 Å². The van der Waals surface area contributed by atoms with E-state index in [0.29, 0.717) is 18.9 Å². The number of nitrogens with one attached hydrogen (secondary N) is 2. The number of fused-ring (bicyclic) bond motifs is 1. The van der Waals surface area contributed by atoms with Crippen LogP contribution in [0, 0.1) is 0 Å². The lowest BCUT2D eigenvalue weighted by atomic mass is 10.2. The van der Waals surface area contributed by atoms with Crippen LogP contribution in [0.4, 0.5) is 5.13 Å². The number of para-hydroxylation sites is 2. The summed E-state index contributed by atoms with van der Waals surface area (Å²) in [6, 6.07) is 17.8. The SMILES string of the molecule is O=C(CSc1nnc(NCCc2ccccc2)s1)NCC1COc2ccccc2O1. The maximum Gasteiger partial charge on any atom is 0.230 e. The molecule has 30 heavy (non-hydrogen) atoms. The number of carbonyl (C=O) groups excluding carboxylic acids is 1. The molecule has 0 bridgehead atoms. The molecule has 1 atom stereocenters. The Morgan fingerprint density at radius 1 is 1.10 bits per heavy atom. The average molecular weight is 443 g/mol. The Labute approximate surface area is 183 Å². The lowest BCUT2D eigenvalue weighted by Crippen LogP contribution is -2.41. The first kappa shape index (κ1) is 20.5. The van der Waals surface area contributed by atoms with Gasteiger partial charge in [-0.05, 0) is 24.1 Å². The molecule has 0 aliphatic carbocycles. The third-order valence-corrected chi connectivity index (χ3v) is 6.37. The molecule has 156 valence electrons.